The van der Waals surface area contributed by atoms with Crippen LogP contribution < -0.4 is 0 Å². The van der Waals surface area contributed by atoms with E-state index in [1.54, 1.807) is 6.92 Å². The van der Waals surface area contributed by atoms with Gasteiger partial charge < -0.3 is 5.11 Å². The van der Waals surface area contributed by atoms with Crippen molar-refractivity contribution in [2.75, 3.05) is 11.5 Å². The van der Waals surface area contributed by atoms with Gasteiger partial charge in [0.15, 0.2) is 0 Å². The van der Waals surface area contributed by atoms with Crippen LogP contribution in [0.15, 0.2) is 0 Å². The van der Waals surface area contributed by atoms with Gasteiger partial charge >= 0.3 is 0 Å². The Labute approximate surface area is 92.8 Å². The van der Waals surface area contributed by atoms with Crippen LogP contribution in [0.3, 0.4) is 0 Å². The Kier molecular flexibility index (Phi) is 3.51. The molecule has 3 nitrogen and oxygen atoms in total. The first-order chi connectivity index (χ1) is 6.72. The van der Waals surface area contributed by atoms with E-state index >= 15 is 0 Å². The molecular formula is C11H22O3S. The number of hydrogen-bond donors (Lipinski definition) is 1. The molecule has 0 aromatic heterocycles. The van der Waals surface area contributed by atoms with Crippen LogP contribution in [0.25, 0.3) is 0 Å². The first-order valence-electron chi connectivity index (χ1n) is 5.65. The Balaban J connectivity index is 2.38. The molecule has 0 bridgehead atoms. The number of sulfone groups is 1. The topological polar surface area (TPSA) is 54.4 Å². The van der Waals surface area contributed by atoms with Gasteiger partial charge in [0, 0.05) is 5.75 Å². The Morgan fingerprint density at radius 2 is 1.93 bits per heavy atom. The monoisotopic (exact) mass is 234 g/mol. The van der Waals surface area contributed by atoms with Gasteiger partial charge in [-0.15, -0.1) is 0 Å². The van der Waals surface area contributed by atoms with Crippen LogP contribution in [0, 0.1) is 5.41 Å². The summed E-state index contributed by atoms with van der Waals surface area (Å²) in [6.07, 6.45) is 3.27. The molecule has 0 spiro atoms. The van der Waals surface area contributed by atoms with Crippen LogP contribution in [0.4, 0.5) is 0 Å². The van der Waals surface area contributed by atoms with Gasteiger partial charge in [-0.2, -0.15) is 0 Å². The third kappa shape index (κ3) is 3.18. The van der Waals surface area contributed by atoms with E-state index in [9.17, 15) is 13.5 Å². The second-order valence-electron chi connectivity index (χ2n) is 5.17. The highest BCUT2D eigenvalue weighted by molar-refractivity contribution is 7.91. The zero-order valence-corrected chi connectivity index (χ0v) is 10.7. The summed E-state index contributed by atoms with van der Waals surface area (Å²) in [7, 11) is -2.88. The van der Waals surface area contributed by atoms with Crippen LogP contribution in [0.2, 0.25) is 0 Å². The molecule has 15 heavy (non-hydrogen) atoms. The van der Waals surface area contributed by atoms with Gasteiger partial charge in [-0.05, 0) is 38.0 Å². The molecule has 0 saturated heterocycles. The molecule has 1 N–H and O–H groups in total. The van der Waals surface area contributed by atoms with Crippen LogP contribution in [0.1, 0.15) is 46.5 Å². The first-order valence-corrected chi connectivity index (χ1v) is 7.47. The average molecular weight is 234 g/mol. The lowest BCUT2D eigenvalue weighted by Gasteiger charge is -2.30. The lowest BCUT2D eigenvalue weighted by Crippen LogP contribution is -2.34. The number of hydrogen-bond acceptors (Lipinski definition) is 3. The molecule has 4 heteroatoms. The van der Waals surface area contributed by atoms with Crippen molar-refractivity contribution in [2.45, 2.75) is 52.1 Å². The lowest BCUT2D eigenvalue weighted by molar-refractivity contribution is -0.0156. The molecule has 1 fully saturated rings. The van der Waals surface area contributed by atoms with E-state index in [1.807, 2.05) is 6.92 Å². The summed E-state index contributed by atoms with van der Waals surface area (Å²) in [5, 5.41) is 10.2. The average Bonchev–Trinajstić information content (AvgIpc) is 2.85. The molecule has 0 amide bonds. The molecule has 0 radical (unpaired) electrons. The fourth-order valence-corrected chi connectivity index (χ4v) is 2.68. The molecular weight excluding hydrogens is 212 g/mol. The van der Waals surface area contributed by atoms with Gasteiger partial charge in [-0.3, -0.25) is 0 Å². The van der Waals surface area contributed by atoms with E-state index in [1.165, 1.54) is 0 Å². The fraction of sp³-hybridized carbons (Fsp3) is 1.00. The second kappa shape index (κ2) is 4.06. The fourth-order valence-electron chi connectivity index (χ4n) is 1.81. The van der Waals surface area contributed by atoms with Gasteiger partial charge in [0.05, 0.1) is 11.4 Å². The van der Waals surface area contributed by atoms with Crippen molar-refractivity contribution >= 4 is 9.84 Å². The van der Waals surface area contributed by atoms with Crippen molar-refractivity contribution in [2.24, 2.45) is 5.41 Å². The van der Waals surface area contributed by atoms with Crippen molar-refractivity contribution in [3.05, 3.63) is 0 Å². The molecule has 0 aliphatic heterocycles. The predicted octanol–water partition coefficient (Wildman–Crippen LogP) is 1.75. The number of rotatable bonds is 6. The van der Waals surface area contributed by atoms with Crippen LogP contribution >= 0.6 is 0 Å². The second-order valence-corrected chi connectivity index (χ2v) is 7.65. The quantitative estimate of drug-likeness (QED) is 0.762. The summed E-state index contributed by atoms with van der Waals surface area (Å²) in [5.74, 6) is 0.405. The maximum atomic E-state index is 11.3. The van der Waals surface area contributed by atoms with Gasteiger partial charge in [-0.1, -0.05) is 13.8 Å². The predicted molar refractivity (Wildman–Crippen MR) is 61.5 cm³/mol. The minimum Gasteiger partial charge on any atom is -0.390 e. The van der Waals surface area contributed by atoms with Crippen molar-refractivity contribution in [3.63, 3.8) is 0 Å². The van der Waals surface area contributed by atoms with E-state index in [-0.39, 0.29) is 16.9 Å². The molecule has 1 unspecified atom stereocenters. The highest BCUT2D eigenvalue weighted by atomic mass is 32.2. The third-order valence-corrected chi connectivity index (χ3v) is 5.65. The highest BCUT2D eigenvalue weighted by Crippen LogP contribution is 2.55. The van der Waals surface area contributed by atoms with E-state index in [4.69, 9.17) is 0 Å². The van der Waals surface area contributed by atoms with Crippen LogP contribution in [-0.4, -0.2) is 30.6 Å². The Hall–Kier alpha value is -0.0900. The van der Waals surface area contributed by atoms with Crippen molar-refractivity contribution in [1.29, 1.82) is 0 Å². The SMILES string of the molecule is CCS(=O)(=O)CCCC(C)(O)C1(C)CC1. The van der Waals surface area contributed by atoms with Crippen molar-refractivity contribution < 1.29 is 13.5 Å². The largest absolute Gasteiger partial charge is 0.390 e. The van der Waals surface area contributed by atoms with Gasteiger partial charge in [-0.25, -0.2) is 8.42 Å². The molecule has 1 rings (SSSR count). The first kappa shape index (κ1) is 13.0. The molecule has 0 heterocycles. The summed E-state index contributed by atoms with van der Waals surface area (Å²) in [4.78, 5) is 0. The smallest absolute Gasteiger partial charge is 0.150 e. The summed E-state index contributed by atoms with van der Waals surface area (Å²) in [6.45, 7) is 5.57. The zero-order chi connectivity index (χ0) is 11.7. The van der Waals surface area contributed by atoms with Gasteiger partial charge in [0.2, 0.25) is 0 Å². The zero-order valence-electron chi connectivity index (χ0n) is 9.91. The van der Waals surface area contributed by atoms with Gasteiger partial charge in [0.1, 0.15) is 9.84 Å². The summed E-state index contributed by atoms with van der Waals surface area (Å²) in [6, 6.07) is 0. The summed E-state index contributed by atoms with van der Waals surface area (Å²) < 4.78 is 22.5. The molecule has 0 aromatic rings. The van der Waals surface area contributed by atoms with E-state index in [0.29, 0.717) is 12.8 Å². The highest BCUT2D eigenvalue weighted by Gasteiger charge is 2.51. The molecule has 90 valence electrons. The summed E-state index contributed by atoms with van der Waals surface area (Å²) >= 11 is 0. The van der Waals surface area contributed by atoms with E-state index in [2.05, 4.69) is 6.92 Å². The maximum Gasteiger partial charge on any atom is 0.150 e. The molecule has 1 atom stereocenters. The van der Waals surface area contributed by atoms with Crippen molar-refractivity contribution in [1.82, 2.24) is 0 Å². The summed E-state index contributed by atoms with van der Waals surface area (Å²) in [5.41, 5.74) is -0.667. The minimum absolute atomic E-state index is 0.0307. The Bertz CT molecular complexity index is 313. The van der Waals surface area contributed by atoms with Crippen molar-refractivity contribution in [3.8, 4) is 0 Å². The Morgan fingerprint density at radius 3 is 2.33 bits per heavy atom. The standard InChI is InChI=1S/C11H22O3S/c1-4-15(13,14)9-5-6-11(3,12)10(2)7-8-10/h12H,4-9H2,1-3H3. The third-order valence-electron chi connectivity index (χ3n) is 3.86. The van der Waals surface area contributed by atoms with Crippen LogP contribution in [0.5, 0.6) is 0 Å². The molecule has 1 aliphatic carbocycles. The van der Waals surface area contributed by atoms with Crippen LogP contribution in [-0.2, 0) is 9.84 Å². The molecule has 1 saturated carbocycles. The number of aliphatic hydroxyl groups is 1. The normalized spacial score (nSPS) is 23.5. The Morgan fingerprint density at radius 1 is 1.40 bits per heavy atom. The molecule has 1 aliphatic rings. The lowest BCUT2D eigenvalue weighted by atomic mass is 9.84. The van der Waals surface area contributed by atoms with Gasteiger partial charge in [0.25, 0.3) is 0 Å². The maximum absolute atomic E-state index is 11.3. The van der Waals surface area contributed by atoms with E-state index in [0.717, 1.165) is 12.8 Å². The van der Waals surface area contributed by atoms with E-state index < -0.39 is 15.4 Å². The molecule has 0 aromatic carbocycles. The minimum atomic E-state index is -2.88.